The van der Waals surface area contributed by atoms with Gasteiger partial charge in [0.2, 0.25) is 0 Å². The molecule has 0 bridgehead atoms. The van der Waals surface area contributed by atoms with Crippen LogP contribution < -0.4 is 16.1 Å². The van der Waals surface area contributed by atoms with Gasteiger partial charge in [0.25, 0.3) is 5.91 Å². The van der Waals surface area contributed by atoms with E-state index in [1.54, 1.807) is 18.2 Å². The lowest BCUT2D eigenvalue weighted by molar-refractivity contribution is -0.128. The second-order valence-corrected chi connectivity index (χ2v) is 12.8. The van der Waals surface area contributed by atoms with Crippen LogP contribution in [0.5, 0.6) is 5.75 Å². The zero-order valence-corrected chi connectivity index (χ0v) is 21.7. The monoisotopic (exact) mass is 466 g/mol. The van der Waals surface area contributed by atoms with Crippen molar-refractivity contribution in [1.82, 2.24) is 5.48 Å². The first kappa shape index (κ1) is 24.0. The number of carbonyl (C=O) groups excluding carboxylic acids is 1. The Kier molecular flexibility index (Phi) is 6.63. The smallest absolute Gasteiger partial charge is 0.252 e. The standard InChI is InChI=1S/C30H46N2O2/c1-20(10-15-28(33)32-34-23-9-6-8-22(31)19-23)25-13-14-26-24-12-11-21-7-4-5-17-29(21,2)27(24)16-18-30(25,26)3/h6,8-9,19-21,24-27H,4-5,7,10-18,31H2,1-3H3,(H,32,33)/t20?,21?,24-,25+,26-,27-,29-,30+/m0/s1. The van der Waals surface area contributed by atoms with Gasteiger partial charge in [-0.3, -0.25) is 4.79 Å². The number of hydroxylamine groups is 1. The van der Waals surface area contributed by atoms with Gasteiger partial charge in [-0.2, -0.15) is 5.48 Å². The largest absolute Gasteiger partial charge is 0.399 e. The zero-order chi connectivity index (χ0) is 23.9. The molecule has 0 aromatic heterocycles. The Bertz CT molecular complexity index is 886. The first-order valence-corrected chi connectivity index (χ1v) is 14.1. The van der Waals surface area contributed by atoms with Crippen LogP contribution in [0, 0.1) is 46.3 Å². The van der Waals surface area contributed by atoms with E-state index in [0.29, 0.717) is 34.6 Å². The Hall–Kier alpha value is -1.71. The molecule has 4 aliphatic rings. The first-order chi connectivity index (χ1) is 16.3. The van der Waals surface area contributed by atoms with Crippen LogP contribution in [0.25, 0.3) is 0 Å². The van der Waals surface area contributed by atoms with Gasteiger partial charge in [0.05, 0.1) is 0 Å². The number of nitrogen functional groups attached to an aromatic ring is 1. The van der Waals surface area contributed by atoms with Crippen molar-refractivity contribution in [2.45, 2.75) is 97.8 Å². The molecule has 1 aromatic rings. The van der Waals surface area contributed by atoms with E-state index < -0.39 is 0 Å². The predicted octanol–water partition coefficient (Wildman–Crippen LogP) is 7.14. The Morgan fingerprint density at radius 1 is 1.06 bits per heavy atom. The minimum absolute atomic E-state index is 0.0405. The van der Waals surface area contributed by atoms with Crippen LogP contribution in [0.2, 0.25) is 0 Å². The topological polar surface area (TPSA) is 64.3 Å². The van der Waals surface area contributed by atoms with E-state index in [-0.39, 0.29) is 5.91 Å². The molecule has 8 atom stereocenters. The zero-order valence-electron chi connectivity index (χ0n) is 21.7. The van der Waals surface area contributed by atoms with Crippen LogP contribution in [-0.2, 0) is 4.79 Å². The van der Waals surface area contributed by atoms with Crippen LogP contribution in [0.15, 0.2) is 24.3 Å². The summed E-state index contributed by atoms with van der Waals surface area (Å²) < 4.78 is 0. The average Bonchev–Trinajstić information content (AvgIpc) is 3.18. The summed E-state index contributed by atoms with van der Waals surface area (Å²) in [6.07, 6.45) is 15.9. The van der Waals surface area contributed by atoms with Crippen LogP contribution in [0.4, 0.5) is 5.69 Å². The lowest BCUT2D eigenvalue weighted by Crippen LogP contribution is -2.53. The highest BCUT2D eigenvalue weighted by Crippen LogP contribution is 2.68. The third-order valence-corrected chi connectivity index (χ3v) is 11.3. The van der Waals surface area contributed by atoms with Crippen LogP contribution >= 0.6 is 0 Å². The Balaban J connectivity index is 1.17. The summed E-state index contributed by atoms with van der Waals surface area (Å²) in [7, 11) is 0. The SMILES string of the molecule is CC(CCC(=O)NOc1cccc(N)c1)[C@H]1CC[C@H]2[C@@H]3CCC4CCCC[C@]4(C)[C@H]3CC[C@]12C. The molecular formula is C30H46N2O2. The van der Waals surface area contributed by atoms with Gasteiger partial charge in [-0.1, -0.05) is 39.7 Å². The molecule has 4 saturated carbocycles. The van der Waals surface area contributed by atoms with Gasteiger partial charge in [-0.15, -0.1) is 0 Å². The fraction of sp³-hybridized carbons (Fsp3) is 0.767. The van der Waals surface area contributed by atoms with Crippen molar-refractivity contribution in [3.63, 3.8) is 0 Å². The van der Waals surface area contributed by atoms with E-state index in [4.69, 9.17) is 10.6 Å². The summed E-state index contributed by atoms with van der Waals surface area (Å²) in [6, 6.07) is 7.16. The highest BCUT2D eigenvalue weighted by molar-refractivity contribution is 5.75. The second-order valence-electron chi connectivity index (χ2n) is 12.8. The van der Waals surface area contributed by atoms with Gasteiger partial charge < -0.3 is 10.6 Å². The van der Waals surface area contributed by atoms with Gasteiger partial charge in [0.15, 0.2) is 5.75 Å². The normalized spacial score (nSPS) is 39.9. The number of fused-ring (bicyclic) bond motifs is 5. The molecule has 0 aliphatic heterocycles. The van der Waals surface area contributed by atoms with Gasteiger partial charge in [0.1, 0.15) is 0 Å². The molecule has 4 aliphatic carbocycles. The number of benzene rings is 1. The quantitative estimate of drug-likeness (QED) is 0.346. The average molecular weight is 467 g/mol. The third-order valence-electron chi connectivity index (χ3n) is 11.3. The number of nitrogens with one attached hydrogen (secondary N) is 1. The number of rotatable bonds is 6. The molecule has 4 fully saturated rings. The van der Waals surface area contributed by atoms with Gasteiger partial charge >= 0.3 is 0 Å². The Morgan fingerprint density at radius 3 is 2.71 bits per heavy atom. The maximum absolute atomic E-state index is 12.5. The molecule has 34 heavy (non-hydrogen) atoms. The number of hydrogen-bond acceptors (Lipinski definition) is 3. The third kappa shape index (κ3) is 4.24. The van der Waals surface area contributed by atoms with Crippen molar-refractivity contribution >= 4 is 11.6 Å². The lowest BCUT2D eigenvalue weighted by Gasteiger charge is -2.61. The lowest BCUT2D eigenvalue weighted by atomic mass is 9.44. The summed E-state index contributed by atoms with van der Waals surface area (Å²) in [5.74, 6) is 5.67. The maximum Gasteiger partial charge on any atom is 0.252 e. The van der Waals surface area contributed by atoms with Crippen molar-refractivity contribution in [3.8, 4) is 5.75 Å². The van der Waals surface area contributed by atoms with Gasteiger partial charge in [-0.05, 0) is 116 Å². The number of anilines is 1. The Labute approximate surface area is 206 Å². The van der Waals surface area contributed by atoms with E-state index in [0.717, 1.165) is 36.0 Å². The minimum atomic E-state index is -0.0405. The van der Waals surface area contributed by atoms with E-state index >= 15 is 0 Å². The summed E-state index contributed by atoms with van der Waals surface area (Å²) in [4.78, 5) is 17.9. The molecule has 4 nitrogen and oxygen atoms in total. The van der Waals surface area contributed by atoms with E-state index in [1.807, 2.05) is 6.07 Å². The number of carbonyl (C=O) groups is 1. The highest BCUT2D eigenvalue weighted by Gasteiger charge is 2.60. The van der Waals surface area contributed by atoms with Gasteiger partial charge in [0, 0.05) is 18.2 Å². The van der Waals surface area contributed by atoms with Crippen LogP contribution in [-0.4, -0.2) is 5.91 Å². The summed E-state index contributed by atoms with van der Waals surface area (Å²) in [5.41, 5.74) is 10.1. The Morgan fingerprint density at radius 2 is 1.88 bits per heavy atom. The highest BCUT2D eigenvalue weighted by atomic mass is 16.7. The maximum atomic E-state index is 12.5. The fourth-order valence-corrected chi connectivity index (χ4v) is 9.58. The first-order valence-electron chi connectivity index (χ1n) is 14.1. The number of hydrogen-bond donors (Lipinski definition) is 2. The molecular weight excluding hydrogens is 420 g/mol. The van der Waals surface area contributed by atoms with E-state index in [2.05, 4.69) is 26.3 Å². The summed E-state index contributed by atoms with van der Waals surface area (Å²) >= 11 is 0. The second kappa shape index (κ2) is 9.39. The molecule has 0 radical (unpaired) electrons. The van der Waals surface area contributed by atoms with E-state index in [1.165, 1.54) is 64.2 Å². The number of amides is 1. The van der Waals surface area contributed by atoms with Gasteiger partial charge in [-0.25, -0.2) is 0 Å². The fourth-order valence-electron chi connectivity index (χ4n) is 9.58. The van der Waals surface area contributed by atoms with Crippen molar-refractivity contribution in [3.05, 3.63) is 24.3 Å². The number of nitrogens with two attached hydrogens (primary N) is 1. The predicted molar refractivity (Wildman–Crippen MR) is 138 cm³/mol. The molecule has 0 heterocycles. The summed E-state index contributed by atoms with van der Waals surface area (Å²) in [6.45, 7) is 7.70. The molecule has 1 aromatic carbocycles. The minimum Gasteiger partial charge on any atom is -0.399 e. The van der Waals surface area contributed by atoms with Crippen molar-refractivity contribution in [1.29, 1.82) is 0 Å². The van der Waals surface area contributed by atoms with Crippen LogP contribution in [0.3, 0.4) is 0 Å². The van der Waals surface area contributed by atoms with E-state index in [9.17, 15) is 4.79 Å². The van der Waals surface area contributed by atoms with Crippen molar-refractivity contribution in [2.24, 2.45) is 46.3 Å². The molecule has 4 heteroatoms. The molecule has 1 amide bonds. The summed E-state index contributed by atoms with van der Waals surface area (Å²) in [5, 5.41) is 0. The van der Waals surface area contributed by atoms with Crippen LogP contribution in [0.1, 0.15) is 97.8 Å². The molecule has 3 N–H and O–H groups in total. The molecule has 5 rings (SSSR count). The molecule has 0 saturated heterocycles. The van der Waals surface area contributed by atoms with Crippen molar-refractivity contribution in [2.75, 3.05) is 5.73 Å². The van der Waals surface area contributed by atoms with Crippen molar-refractivity contribution < 1.29 is 9.63 Å². The molecule has 188 valence electrons. The molecule has 2 unspecified atom stereocenters. The molecule has 0 spiro atoms.